The number of piperidine rings is 1. The maximum Gasteiger partial charge on any atom is 0.233 e. The van der Waals surface area contributed by atoms with Gasteiger partial charge in [-0.05, 0) is 55.1 Å². The second-order valence-electron chi connectivity index (χ2n) is 7.81. The van der Waals surface area contributed by atoms with E-state index in [2.05, 4.69) is 38.1 Å². The van der Waals surface area contributed by atoms with Gasteiger partial charge in [0.15, 0.2) is 0 Å². The molecule has 1 N–H and O–H groups in total. The Kier molecular flexibility index (Phi) is 5.29. The van der Waals surface area contributed by atoms with Gasteiger partial charge in [0.05, 0.1) is 5.41 Å². The lowest BCUT2D eigenvalue weighted by Crippen LogP contribution is -2.53. The Labute approximate surface area is 146 Å². The van der Waals surface area contributed by atoms with E-state index in [9.17, 15) is 9.90 Å². The van der Waals surface area contributed by atoms with Gasteiger partial charge in [0.2, 0.25) is 5.91 Å². The number of carbonyl (C=O) groups is 1. The van der Waals surface area contributed by atoms with Crippen LogP contribution in [0.3, 0.4) is 0 Å². The molecule has 1 saturated carbocycles. The van der Waals surface area contributed by atoms with E-state index < -0.39 is 0 Å². The van der Waals surface area contributed by atoms with Crippen molar-refractivity contribution in [2.75, 3.05) is 19.7 Å². The zero-order valence-electron chi connectivity index (χ0n) is 15.1. The number of carbonyl (C=O) groups excluding carboxylic acids is 1. The van der Waals surface area contributed by atoms with Crippen molar-refractivity contribution in [1.82, 2.24) is 4.90 Å². The number of likely N-dealkylation sites (tertiary alicyclic amines) is 1. The van der Waals surface area contributed by atoms with Gasteiger partial charge in [-0.2, -0.15) is 0 Å². The lowest BCUT2D eigenvalue weighted by molar-refractivity contribution is -0.143. The highest BCUT2D eigenvalue weighted by molar-refractivity contribution is 5.89. The molecule has 1 aromatic rings. The van der Waals surface area contributed by atoms with E-state index in [1.165, 1.54) is 11.1 Å². The highest BCUT2D eigenvalue weighted by Gasteiger charge is 2.48. The van der Waals surface area contributed by atoms with Gasteiger partial charge in [0.25, 0.3) is 0 Å². The van der Waals surface area contributed by atoms with Crippen LogP contribution < -0.4 is 0 Å². The quantitative estimate of drug-likeness (QED) is 0.891. The van der Waals surface area contributed by atoms with Crippen LogP contribution in [0.5, 0.6) is 0 Å². The molecule has 1 aliphatic heterocycles. The first-order valence-electron chi connectivity index (χ1n) is 9.61. The zero-order chi connectivity index (χ0) is 17.2. The number of nitrogens with zero attached hydrogens (tertiary/aromatic N) is 1. The molecule has 0 radical (unpaired) electrons. The lowest BCUT2D eigenvalue weighted by Gasteiger charge is -2.46. The van der Waals surface area contributed by atoms with Gasteiger partial charge in [0, 0.05) is 19.7 Å². The van der Waals surface area contributed by atoms with Crippen molar-refractivity contribution in [2.45, 2.75) is 63.7 Å². The fraction of sp³-hybridized carbons (Fsp3) is 0.667. The van der Waals surface area contributed by atoms with E-state index >= 15 is 0 Å². The Morgan fingerprint density at radius 3 is 2.54 bits per heavy atom. The van der Waals surface area contributed by atoms with Gasteiger partial charge < -0.3 is 10.0 Å². The molecule has 132 valence electrons. The van der Waals surface area contributed by atoms with Gasteiger partial charge >= 0.3 is 0 Å². The largest absolute Gasteiger partial charge is 0.396 e. The summed E-state index contributed by atoms with van der Waals surface area (Å²) >= 11 is 0. The molecule has 1 saturated heterocycles. The van der Waals surface area contributed by atoms with E-state index in [0.717, 1.165) is 51.6 Å². The number of benzene rings is 1. The van der Waals surface area contributed by atoms with Crippen molar-refractivity contribution in [3.63, 3.8) is 0 Å². The monoisotopic (exact) mass is 329 g/mol. The van der Waals surface area contributed by atoms with Crippen LogP contribution in [0.15, 0.2) is 24.3 Å². The topological polar surface area (TPSA) is 40.5 Å². The summed E-state index contributed by atoms with van der Waals surface area (Å²) in [4.78, 5) is 15.3. The minimum absolute atomic E-state index is 0.195. The highest BCUT2D eigenvalue weighted by atomic mass is 16.3. The van der Waals surface area contributed by atoms with Crippen LogP contribution in [-0.4, -0.2) is 35.6 Å². The van der Waals surface area contributed by atoms with Gasteiger partial charge in [-0.15, -0.1) is 0 Å². The van der Waals surface area contributed by atoms with Crippen molar-refractivity contribution in [3.05, 3.63) is 35.4 Å². The minimum atomic E-state index is -0.300. The van der Waals surface area contributed by atoms with E-state index in [1.54, 1.807) is 0 Å². The number of rotatable bonds is 5. The van der Waals surface area contributed by atoms with Crippen molar-refractivity contribution < 1.29 is 9.90 Å². The number of aliphatic hydroxyl groups is 1. The predicted molar refractivity (Wildman–Crippen MR) is 97.1 cm³/mol. The Hall–Kier alpha value is -1.35. The SMILES string of the molecule is CCC(C)c1ccc(C2(C(=O)N3CCCC(CO)C3)CCC2)cc1. The first-order valence-corrected chi connectivity index (χ1v) is 9.61. The third-order valence-corrected chi connectivity index (χ3v) is 6.33. The van der Waals surface area contributed by atoms with Crippen molar-refractivity contribution in [2.24, 2.45) is 5.92 Å². The normalized spacial score (nSPS) is 24.3. The van der Waals surface area contributed by atoms with E-state index in [1.807, 2.05) is 4.90 Å². The Morgan fingerprint density at radius 1 is 1.29 bits per heavy atom. The molecule has 3 heteroatoms. The van der Waals surface area contributed by atoms with Gasteiger partial charge in [-0.3, -0.25) is 4.79 Å². The summed E-state index contributed by atoms with van der Waals surface area (Å²) in [5.41, 5.74) is 2.25. The van der Waals surface area contributed by atoms with Crippen molar-refractivity contribution >= 4 is 5.91 Å². The summed E-state index contributed by atoms with van der Waals surface area (Å²) in [6, 6.07) is 8.80. The lowest BCUT2D eigenvalue weighted by atomic mass is 9.63. The van der Waals surface area contributed by atoms with Crippen LogP contribution in [0.4, 0.5) is 0 Å². The molecule has 1 amide bonds. The molecule has 24 heavy (non-hydrogen) atoms. The van der Waals surface area contributed by atoms with Crippen LogP contribution in [0.1, 0.15) is 69.4 Å². The minimum Gasteiger partial charge on any atom is -0.396 e. The third-order valence-electron chi connectivity index (χ3n) is 6.33. The Bertz CT molecular complexity index is 562. The zero-order valence-corrected chi connectivity index (χ0v) is 15.1. The van der Waals surface area contributed by atoms with Crippen LogP contribution >= 0.6 is 0 Å². The summed E-state index contributed by atoms with van der Waals surface area (Å²) in [6.45, 7) is 6.23. The third kappa shape index (κ3) is 3.11. The van der Waals surface area contributed by atoms with Crippen LogP contribution in [0.2, 0.25) is 0 Å². The van der Waals surface area contributed by atoms with Crippen LogP contribution in [-0.2, 0) is 10.2 Å². The second-order valence-corrected chi connectivity index (χ2v) is 7.81. The standard InChI is InChI=1S/C21H31NO2/c1-3-16(2)18-7-9-19(10-8-18)21(11-5-12-21)20(24)22-13-4-6-17(14-22)15-23/h7-10,16-17,23H,3-6,11-15H2,1-2H3. The number of hydrogen-bond acceptors (Lipinski definition) is 2. The Balaban J connectivity index is 1.79. The van der Waals surface area contributed by atoms with E-state index in [-0.39, 0.29) is 17.9 Å². The van der Waals surface area contributed by atoms with Crippen molar-refractivity contribution in [1.29, 1.82) is 0 Å². The summed E-state index contributed by atoms with van der Waals surface area (Å²) in [5.74, 6) is 1.12. The second kappa shape index (κ2) is 7.26. The van der Waals surface area contributed by atoms with Crippen LogP contribution in [0, 0.1) is 5.92 Å². The van der Waals surface area contributed by atoms with Crippen molar-refractivity contribution in [3.8, 4) is 0 Å². The molecule has 2 unspecified atom stereocenters. The number of aliphatic hydroxyl groups excluding tert-OH is 1. The number of amides is 1. The van der Waals surface area contributed by atoms with Crippen LogP contribution in [0.25, 0.3) is 0 Å². The molecular formula is C21H31NO2. The predicted octanol–water partition coefficient (Wildman–Crippen LogP) is 3.85. The molecule has 1 aliphatic carbocycles. The maximum absolute atomic E-state index is 13.3. The molecule has 0 aromatic heterocycles. The van der Waals surface area contributed by atoms with Gasteiger partial charge in [-0.25, -0.2) is 0 Å². The van der Waals surface area contributed by atoms with Gasteiger partial charge in [-0.1, -0.05) is 44.5 Å². The van der Waals surface area contributed by atoms with E-state index in [4.69, 9.17) is 0 Å². The first-order chi connectivity index (χ1) is 11.6. The fourth-order valence-corrected chi connectivity index (χ4v) is 4.22. The highest BCUT2D eigenvalue weighted by Crippen LogP contribution is 2.46. The molecular weight excluding hydrogens is 298 g/mol. The summed E-state index contributed by atoms with van der Waals surface area (Å²) < 4.78 is 0. The smallest absolute Gasteiger partial charge is 0.233 e. The van der Waals surface area contributed by atoms with Gasteiger partial charge in [0.1, 0.15) is 0 Å². The molecule has 2 aliphatic rings. The molecule has 2 fully saturated rings. The molecule has 2 atom stereocenters. The average molecular weight is 329 g/mol. The van der Waals surface area contributed by atoms with E-state index in [0.29, 0.717) is 11.8 Å². The summed E-state index contributed by atoms with van der Waals surface area (Å²) in [5, 5.41) is 9.45. The molecule has 1 heterocycles. The summed E-state index contributed by atoms with van der Waals surface area (Å²) in [7, 11) is 0. The average Bonchev–Trinajstić information content (AvgIpc) is 2.60. The Morgan fingerprint density at radius 2 is 2.00 bits per heavy atom. The molecule has 3 rings (SSSR count). The molecule has 1 aromatic carbocycles. The molecule has 3 nitrogen and oxygen atoms in total. The fourth-order valence-electron chi connectivity index (χ4n) is 4.22. The molecule has 0 spiro atoms. The summed E-state index contributed by atoms with van der Waals surface area (Å²) in [6.07, 6.45) is 6.26. The first kappa shape index (κ1) is 17.5. The number of hydrogen-bond donors (Lipinski definition) is 1. The molecule has 0 bridgehead atoms. The maximum atomic E-state index is 13.3.